The zero-order chi connectivity index (χ0) is 25.8. The van der Waals surface area contributed by atoms with Crippen molar-refractivity contribution in [3.8, 4) is 28.4 Å². The number of aryl methyl sites for hydroxylation is 1. The fourth-order valence-electron chi connectivity index (χ4n) is 3.07. The lowest BCUT2D eigenvalue weighted by Gasteiger charge is -2.08. The molecule has 3 aromatic carbocycles. The molecule has 184 valence electrons. The summed E-state index contributed by atoms with van der Waals surface area (Å²) in [7, 11) is 0. The Hall–Kier alpha value is -4.65. The summed E-state index contributed by atoms with van der Waals surface area (Å²) in [6, 6.07) is 21.8. The number of rotatable bonds is 13. The minimum absolute atomic E-state index is 0.0330. The molecule has 7 heteroatoms. The molecule has 0 amide bonds. The first-order valence-electron chi connectivity index (χ1n) is 11.2. The van der Waals surface area contributed by atoms with Gasteiger partial charge in [-0.25, -0.2) is 4.79 Å². The van der Waals surface area contributed by atoms with Crippen LogP contribution in [0.5, 0.6) is 17.2 Å². The van der Waals surface area contributed by atoms with Crippen LogP contribution in [0.3, 0.4) is 0 Å². The Morgan fingerprint density at radius 1 is 0.694 bits per heavy atom. The lowest BCUT2D eigenvalue weighted by molar-refractivity contribution is -0.144. The largest absolute Gasteiger partial charge is 0.485 e. The molecule has 0 aliphatic rings. The number of esters is 2. The summed E-state index contributed by atoms with van der Waals surface area (Å²) >= 11 is 0. The van der Waals surface area contributed by atoms with Crippen LogP contribution < -0.4 is 14.2 Å². The van der Waals surface area contributed by atoms with Crippen molar-refractivity contribution in [2.45, 2.75) is 12.8 Å². The molecule has 7 nitrogen and oxygen atoms in total. The van der Waals surface area contributed by atoms with E-state index in [4.69, 9.17) is 18.9 Å². The van der Waals surface area contributed by atoms with E-state index in [0.29, 0.717) is 23.7 Å². The number of carbonyl (C=O) groups excluding carboxylic acids is 3. The van der Waals surface area contributed by atoms with Crippen molar-refractivity contribution in [2.24, 2.45) is 0 Å². The molecule has 0 bridgehead atoms. The van der Waals surface area contributed by atoms with Crippen molar-refractivity contribution in [2.75, 3.05) is 13.4 Å². The minimum atomic E-state index is -0.575. The molecule has 0 fully saturated rings. The summed E-state index contributed by atoms with van der Waals surface area (Å²) in [5.74, 6) is 0.378. The highest BCUT2D eigenvalue weighted by molar-refractivity contribution is 5.90. The molecule has 0 saturated heterocycles. The smallest absolute Gasteiger partial charge is 0.333 e. The predicted octanol–water partition coefficient (Wildman–Crippen LogP) is 5.09. The molecule has 0 aliphatic carbocycles. The highest BCUT2D eigenvalue weighted by Gasteiger charge is 2.07. The molecule has 0 aliphatic heterocycles. The van der Waals surface area contributed by atoms with Crippen LogP contribution >= 0.6 is 0 Å². The maximum Gasteiger partial charge on any atom is 0.333 e. The van der Waals surface area contributed by atoms with Crippen LogP contribution in [0.2, 0.25) is 0 Å². The topological polar surface area (TPSA) is 88.1 Å². The summed E-state index contributed by atoms with van der Waals surface area (Å²) in [5, 5.41) is 0. The lowest BCUT2D eigenvalue weighted by Crippen LogP contribution is -2.09. The van der Waals surface area contributed by atoms with Crippen LogP contribution in [0, 0.1) is 0 Å². The maximum atomic E-state index is 12.2. The number of ether oxygens (including phenoxy) is 4. The van der Waals surface area contributed by atoms with Gasteiger partial charge in [-0.15, -0.1) is 0 Å². The van der Waals surface area contributed by atoms with Crippen molar-refractivity contribution in [1.29, 1.82) is 0 Å². The van der Waals surface area contributed by atoms with Crippen molar-refractivity contribution in [3.05, 3.63) is 104 Å². The molecule has 3 rings (SSSR count). The molecule has 0 spiro atoms. The van der Waals surface area contributed by atoms with E-state index in [9.17, 15) is 14.4 Å². The van der Waals surface area contributed by atoms with Gasteiger partial charge in [0.1, 0.15) is 17.2 Å². The minimum Gasteiger partial charge on any atom is -0.485 e. The van der Waals surface area contributed by atoms with Crippen LogP contribution in [-0.2, 0) is 25.5 Å². The van der Waals surface area contributed by atoms with Gasteiger partial charge in [-0.05, 0) is 65.6 Å². The molecule has 0 saturated carbocycles. The molecular formula is C29H26O7. The normalized spacial score (nSPS) is 10.1. The Balaban J connectivity index is 1.44. The molecule has 0 heterocycles. The van der Waals surface area contributed by atoms with Gasteiger partial charge in [-0.3, -0.25) is 9.59 Å². The van der Waals surface area contributed by atoms with E-state index in [1.54, 1.807) is 24.3 Å². The molecule has 0 aromatic heterocycles. The second-order valence-corrected chi connectivity index (χ2v) is 7.56. The summed E-state index contributed by atoms with van der Waals surface area (Å²) in [4.78, 5) is 34.5. The van der Waals surface area contributed by atoms with Crippen LogP contribution in [0.15, 0.2) is 98.1 Å². The van der Waals surface area contributed by atoms with E-state index in [-0.39, 0.29) is 31.6 Å². The fraction of sp³-hybridized carbons (Fsp3) is 0.138. The van der Waals surface area contributed by atoms with Crippen molar-refractivity contribution in [1.82, 2.24) is 0 Å². The van der Waals surface area contributed by atoms with Crippen LogP contribution in [0.1, 0.15) is 12.0 Å². The first-order chi connectivity index (χ1) is 17.5. The first kappa shape index (κ1) is 26.0. The van der Waals surface area contributed by atoms with Gasteiger partial charge in [-0.1, -0.05) is 49.6 Å². The standard InChI is InChI=1S/C29H26O7/c1-3-24(30)19-33-25-12-10-23(11-13-25)22-8-5-21(6-9-22)7-18-29(32)36-27-16-14-26(15-17-27)34-20-35-28(31)4-2/h3-6,8-17H,1-2,7,18-20H2. The summed E-state index contributed by atoms with van der Waals surface area (Å²) < 4.78 is 20.8. The number of benzene rings is 3. The zero-order valence-corrected chi connectivity index (χ0v) is 19.7. The highest BCUT2D eigenvalue weighted by atomic mass is 16.7. The number of hydrogen-bond acceptors (Lipinski definition) is 7. The van der Waals surface area contributed by atoms with Gasteiger partial charge >= 0.3 is 11.9 Å². The molecular weight excluding hydrogens is 460 g/mol. The molecule has 3 aromatic rings. The summed E-state index contributed by atoms with van der Waals surface area (Å²) in [5.41, 5.74) is 3.04. The van der Waals surface area contributed by atoms with Crippen LogP contribution in [-0.4, -0.2) is 31.1 Å². The molecule has 36 heavy (non-hydrogen) atoms. The third-order valence-corrected chi connectivity index (χ3v) is 5.02. The van der Waals surface area contributed by atoms with Gasteiger partial charge in [0, 0.05) is 12.5 Å². The van der Waals surface area contributed by atoms with Gasteiger partial charge in [0.15, 0.2) is 12.4 Å². The van der Waals surface area contributed by atoms with Crippen molar-refractivity contribution in [3.63, 3.8) is 0 Å². The Labute approximate surface area is 209 Å². The second-order valence-electron chi connectivity index (χ2n) is 7.56. The number of hydrogen-bond donors (Lipinski definition) is 0. The Bertz CT molecular complexity index is 1190. The number of ketones is 1. The second kappa shape index (κ2) is 13.3. The van der Waals surface area contributed by atoms with E-state index in [1.807, 2.05) is 48.5 Å². The molecule has 0 unspecified atom stereocenters. The van der Waals surface area contributed by atoms with Gasteiger partial charge < -0.3 is 18.9 Å². The summed E-state index contributed by atoms with van der Waals surface area (Å²) in [6.07, 6.45) is 3.05. The average molecular weight is 487 g/mol. The first-order valence-corrected chi connectivity index (χ1v) is 11.2. The molecule has 0 N–H and O–H groups in total. The Morgan fingerprint density at radius 2 is 1.25 bits per heavy atom. The maximum absolute atomic E-state index is 12.2. The van der Waals surface area contributed by atoms with Gasteiger partial charge in [0.25, 0.3) is 0 Å². The average Bonchev–Trinajstić information content (AvgIpc) is 2.92. The van der Waals surface area contributed by atoms with Gasteiger partial charge in [0.05, 0.1) is 0 Å². The van der Waals surface area contributed by atoms with E-state index in [0.717, 1.165) is 22.8 Å². The molecule has 0 radical (unpaired) electrons. The van der Waals surface area contributed by atoms with Crippen molar-refractivity contribution < 1.29 is 33.3 Å². The quantitative estimate of drug-likeness (QED) is 0.144. The van der Waals surface area contributed by atoms with Gasteiger partial charge in [0.2, 0.25) is 6.79 Å². The van der Waals surface area contributed by atoms with E-state index in [1.165, 1.54) is 6.08 Å². The third-order valence-electron chi connectivity index (χ3n) is 5.02. The van der Waals surface area contributed by atoms with Crippen molar-refractivity contribution >= 4 is 17.7 Å². The zero-order valence-electron chi connectivity index (χ0n) is 19.7. The monoisotopic (exact) mass is 486 g/mol. The lowest BCUT2D eigenvalue weighted by atomic mass is 10.0. The Kier molecular flexibility index (Phi) is 9.59. The number of carbonyl (C=O) groups is 3. The van der Waals surface area contributed by atoms with E-state index >= 15 is 0 Å². The van der Waals surface area contributed by atoms with E-state index < -0.39 is 5.97 Å². The summed E-state index contributed by atoms with van der Waals surface area (Å²) in [6.45, 7) is 6.45. The fourth-order valence-corrected chi connectivity index (χ4v) is 3.07. The Morgan fingerprint density at radius 3 is 1.86 bits per heavy atom. The highest BCUT2D eigenvalue weighted by Crippen LogP contribution is 2.23. The van der Waals surface area contributed by atoms with Gasteiger partial charge in [-0.2, -0.15) is 0 Å². The SMILES string of the molecule is C=CC(=O)COc1ccc(-c2ccc(CCC(=O)Oc3ccc(OCOC(=O)C=C)cc3)cc2)cc1. The molecule has 0 atom stereocenters. The third kappa shape index (κ3) is 8.29. The van der Waals surface area contributed by atoms with E-state index in [2.05, 4.69) is 13.2 Å². The van der Waals surface area contributed by atoms with Crippen LogP contribution in [0.4, 0.5) is 0 Å². The van der Waals surface area contributed by atoms with Crippen LogP contribution in [0.25, 0.3) is 11.1 Å². The predicted molar refractivity (Wildman–Crippen MR) is 135 cm³/mol.